The lowest BCUT2D eigenvalue weighted by atomic mass is 10.1. The number of thiophene rings is 1. The lowest BCUT2D eigenvalue weighted by Crippen LogP contribution is -2.36. The van der Waals surface area contributed by atoms with Gasteiger partial charge in [-0.2, -0.15) is 11.3 Å². The highest BCUT2D eigenvalue weighted by molar-refractivity contribution is 7.17. The molecule has 0 spiro atoms. The molecule has 1 fully saturated rings. The molecule has 146 valence electrons. The molecule has 5 nitrogen and oxygen atoms in total. The van der Waals surface area contributed by atoms with E-state index in [9.17, 15) is 9.18 Å². The number of nitrogens with one attached hydrogen (secondary N) is 1. The second kappa shape index (κ2) is 8.38. The Morgan fingerprint density at radius 2 is 2.14 bits per heavy atom. The van der Waals surface area contributed by atoms with Gasteiger partial charge in [-0.15, -0.1) is 11.3 Å². The molecule has 1 aromatic carbocycles. The van der Waals surface area contributed by atoms with E-state index in [1.165, 1.54) is 17.4 Å². The van der Waals surface area contributed by atoms with E-state index < -0.39 is 0 Å². The van der Waals surface area contributed by atoms with Crippen molar-refractivity contribution in [3.05, 3.63) is 57.0 Å². The van der Waals surface area contributed by atoms with Crippen LogP contribution >= 0.6 is 22.7 Å². The Labute approximate surface area is 170 Å². The predicted molar refractivity (Wildman–Crippen MR) is 111 cm³/mol. The molecule has 1 amide bonds. The topological polar surface area (TPSA) is 54.5 Å². The molecule has 0 radical (unpaired) electrons. The molecule has 8 heteroatoms. The number of aromatic nitrogens is 1. The maximum Gasteiger partial charge on any atom is 0.263 e. The third kappa shape index (κ3) is 4.09. The highest BCUT2D eigenvalue weighted by atomic mass is 32.1. The number of ether oxygens (including phenoxy) is 1. The summed E-state index contributed by atoms with van der Waals surface area (Å²) in [6.45, 7) is 4.69. The minimum atomic E-state index is -0.276. The molecular formula is C20H20FN3O2S2. The van der Waals surface area contributed by atoms with Crippen molar-refractivity contribution >= 4 is 34.3 Å². The van der Waals surface area contributed by atoms with Crippen LogP contribution in [-0.2, 0) is 11.3 Å². The molecule has 1 N–H and O–H groups in total. The van der Waals surface area contributed by atoms with Gasteiger partial charge < -0.3 is 15.0 Å². The average Bonchev–Trinajstić information content (AvgIpc) is 3.36. The Balaban J connectivity index is 1.41. The Kier molecular flexibility index (Phi) is 5.70. The number of morpholine rings is 1. The highest BCUT2D eigenvalue weighted by Crippen LogP contribution is 2.29. The van der Waals surface area contributed by atoms with Crippen LogP contribution in [0.5, 0.6) is 0 Å². The number of carbonyl (C=O) groups excluding carboxylic acids is 1. The fourth-order valence-corrected chi connectivity index (χ4v) is 4.79. The number of rotatable bonds is 5. The second-order valence-corrected chi connectivity index (χ2v) is 8.29. The van der Waals surface area contributed by atoms with Gasteiger partial charge in [-0.25, -0.2) is 9.37 Å². The molecule has 0 unspecified atom stereocenters. The molecule has 3 aromatic rings. The van der Waals surface area contributed by atoms with Crippen LogP contribution in [0.4, 0.5) is 10.1 Å². The Bertz CT molecular complexity index is 966. The predicted octanol–water partition coefficient (Wildman–Crippen LogP) is 4.09. The summed E-state index contributed by atoms with van der Waals surface area (Å²) in [7, 11) is 0. The molecule has 1 aliphatic rings. The summed E-state index contributed by atoms with van der Waals surface area (Å²) in [6.07, 6.45) is 0. The number of hydrogen-bond donors (Lipinski definition) is 1. The standard InChI is InChI=1S/C20H20FN3O2S2/c1-13-18(28-20(23-13)15-4-9-27-12-15)19(25)22-11-14-2-3-17(16(21)10-14)24-5-7-26-8-6-24/h2-4,9-10,12H,5-8,11H2,1H3,(H,22,25). The molecule has 3 heterocycles. The number of anilines is 1. The number of nitrogens with zero attached hydrogens (tertiary/aromatic N) is 2. The molecule has 1 saturated heterocycles. The molecule has 28 heavy (non-hydrogen) atoms. The highest BCUT2D eigenvalue weighted by Gasteiger charge is 2.18. The number of thiazole rings is 1. The van der Waals surface area contributed by atoms with Gasteiger partial charge in [0.05, 0.1) is 24.6 Å². The molecule has 0 aliphatic carbocycles. The lowest BCUT2D eigenvalue weighted by Gasteiger charge is -2.29. The van der Waals surface area contributed by atoms with Crippen molar-refractivity contribution in [2.24, 2.45) is 0 Å². The molecule has 4 rings (SSSR count). The van der Waals surface area contributed by atoms with E-state index in [1.54, 1.807) is 17.4 Å². The van der Waals surface area contributed by atoms with E-state index in [2.05, 4.69) is 10.3 Å². The Hall–Kier alpha value is -2.29. The molecular weight excluding hydrogens is 397 g/mol. The molecule has 0 atom stereocenters. The van der Waals surface area contributed by atoms with Crippen LogP contribution in [0, 0.1) is 12.7 Å². The number of halogens is 1. The fraction of sp³-hybridized carbons (Fsp3) is 0.300. The van der Waals surface area contributed by atoms with Crippen LogP contribution in [0.2, 0.25) is 0 Å². The number of hydrogen-bond acceptors (Lipinski definition) is 6. The smallest absolute Gasteiger partial charge is 0.263 e. The normalized spacial score (nSPS) is 14.3. The Morgan fingerprint density at radius 1 is 1.32 bits per heavy atom. The van der Waals surface area contributed by atoms with Crippen molar-refractivity contribution in [2.75, 3.05) is 31.2 Å². The second-order valence-electron chi connectivity index (χ2n) is 6.51. The molecule has 2 aromatic heterocycles. The lowest BCUT2D eigenvalue weighted by molar-refractivity contribution is 0.0954. The SMILES string of the molecule is Cc1nc(-c2ccsc2)sc1C(=O)NCc1ccc(N2CCOCC2)c(F)c1. The van der Waals surface area contributed by atoms with Gasteiger partial charge in [0.2, 0.25) is 0 Å². The van der Waals surface area contributed by atoms with Crippen LogP contribution in [0.3, 0.4) is 0 Å². The van der Waals surface area contributed by atoms with Crippen molar-refractivity contribution in [1.82, 2.24) is 10.3 Å². The zero-order chi connectivity index (χ0) is 19.5. The summed E-state index contributed by atoms with van der Waals surface area (Å²) in [5, 5.41) is 7.71. The Morgan fingerprint density at radius 3 is 2.86 bits per heavy atom. The number of carbonyl (C=O) groups is 1. The fourth-order valence-electron chi connectivity index (χ4n) is 3.10. The molecule has 0 saturated carbocycles. The van der Waals surface area contributed by atoms with Crippen molar-refractivity contribution < 1.29 is 13.9 Å². The zero-order valence-corrected chi connectivity index (χ0v) is 17.0. The third-order valence-electron chi connectivity index (χ3n) is 4.59. The summed E-state index contributed by atoms with van der Waals surface area (Å²) in [5.41, 5.74) is 3.04. The van der Waals surface area contributed by atoms with E-state index in [-0.39, 0.29) is 18.3 Å². The summed E-state index contributed by atoms with van der Waals surface area (Å²) >= 11 is 2.97. The molecule has 1 aliphatic heterocycles. The monoisotopic (exact) mass is 417 g/mol. The van der Waals surface area contributed by atoms with Crippen LogP contribution in [0.15, 0.2) is 35.0 Å². The average molecular weight is 418 g/mol. The number of benzene rings is 1. The summed E-state index contributed by atoms with van der Waals surface area (Å²) in [6, 6.07) is 7.10. The molecule has 0 bridgehead atoms. The van der Waals surface area contributed by atoms with Crippen LogP contribution in [0.25, 0.3) is 10.6 Å². The van der Waals surface area contributed by atoms with Crippen molar-refractivity contribution in [1.29, 1.82) is 0 Å². The first-order valence-electron chi connectivity index (χ1n) is 9.01. The van der Waals surface area contributed by atoms with Crippen molar-refractivity contribution in [3.63, 3.8) is 0 Å². The van der Waals surface area contributed by atoms with Gasteiger partial charge in [-0.3, -0.25) is 4.79 Å². The van der Waals surface area contributed by atoms with Crippen LogP contribution < -0.4 is 10.2 Å². The van der Waals surface area contributed by atoms with Crippen LogP contribution in [-0.4, -0.2) is 37.2 Å². The zero-order valence-electron chi connectivity index (χ0n) is 15.4. The largest absolute Gasteiger partial charge is 0.378 e. The van der Waals surface area contributed by atoms with Gasteiger partial charge in [0, 0.05) is 30.6 Å². The summed E-state index contributed by atoms with van der Waals surface area (Å²) in [4.78, 5) is 19.6. The van der Waals surface area contributed by atoms with Gasteiger partial charge in [0.15, 0.2) is 0 Å². The first-order chi connectivity index (χ1) is 13.6. The third-order valence-corrected chi connectivity index (χ3v) is 6.48. The van der Waals surface area contributed by atoms with Gasteiger partial charge in [0.1, 0.15) is 15.7 Å². The van der Waals surface area contributed by atoms with Gasteiger partial charge in [0.25, 0.3) is 5.91 Å². The van der Waals surface area contributed by atoms with E-state index in [4.69, 9.17) is 4.74 Å². The summed E-state index contributed by atoms with van der Waals surface area (Å²) in [5.74, 6) is -0.462. The quantitative estimate of drug-likeness (QED) is 0.680. The minimum absolute atomic E-state index is 0.186. The van der Waals surface area contributed by atoms with Gasteiger partial charge in [-0.05, 0) is 36.1 Å². The first-order valence-corrected chi connectivity index (χ1v) is 10.8. The maximum absolute atomic E-state index is 14.5. The van der Waals surface area contributed by atoms with E-state index in [0.29, 0.717) is 42.6 Å². The number of amides is 1. The summed E-state index contributed by atoms with van der Waals surface area (Å²) < 4.78 is 19.8. The van der Waals surface area contributed by atoms with E-state index >= 15 is 0 Å². The van der Waals surface area contributed by atoms with E-state index in [1.807, 2.05) is 34.7 Å². The van der Waals surface area contributed by atoms with Crippen LogP contribution in [0.1, 0.15) is 20.9 Å². The van der Waals surface area contributed by atoms with E-state index in [0.717, 1.165) is 16.1 Å². The van der Waals surface area contributed by atoms with Gasteiger partial charge >= 0.3 is 0 Å². The van der Waals surface area contributed by atoms with Crippen molar-refractivity contribution in [3.8, 4) is 10.6 Å². The van der Waals surface area contributed by atoms with Crippen molar-refractivity contribution in [2.45, 2.75) is 13.5 Å². The first kappa shape index (κ1) is 19.0. The number of aryl methyl sites for hydroxylation is 1. The minimum Gasteiger partial charge on any atom is -0.378 e. The maximum atomic E-state index is 14.5. The van der Waals surface area contributed by atoms with Gasteiger partial charge in [-0.1, -0.05) is 6.07 Å².